The summed E-state index contributed by atoms with van der Waals surface area (Å²) in [6.45, 7) is -0.238. The van der Waals surface area contributed by atoms with E-state index in [1.807, 2.05) is 0 Å². The summed E-state index contributed by atoms with van der Waals surface area (Å²) in [5, 5.41) is 5.40. The van der Waals surface area contributed by atoms with Gasteiger partial charge in [-0.1, -0.05) is 12.1 Å². The number of carbonyl (C=O) groups excluding carboxylic acids is 2. The third-order valence-electron chi connectivity index (χ3n) is 3.84. The molecule has 0 aromatic heterocycles. The van der Waals surface area contributed by atoms with Gasteiger partial charge in [0.25, 0.3) is 5.91 Å². The van der Waals surface area contributed by atoms with Crippen LogP contribution in [0.1, 0.15) is 12.0 Å². The Bertz CT molecular complexity index is 988. The van der Waals surface area contributed by atoms with Crippen LogP contribution in [0.15, 0.2) is 42.5 Å². The molecule has 142 valence electrons. The minimum Gasteiger partial charge on any atom is -0.484 e. The van der Waals surface area contributed by atoms with Crippen LogP contribution < -0.4 is 20.1 Å². The maximum absolute atomic E-state index is 12.2. The van der Waals surface area contributed by atoms with Crippen molar-refractivity contribution in [2.75, 3.05) is 28.2 Å². The van der Waals surface area contributed by atoms with Crippen LogP contribution in [0.5, 0.6) is 5.75 Å². The quantitative estimate of drug-likeness (QED) is 0.699. The SMILES string of the molecule is CS(=O)(=O)Nc1ccccc1NC(=O)COc1ccc2c(c1)CCC(=O)N2. The topological polar surface area (TPSA) is 114 Å². The number of rotatable bonds is 6. The maximum atomic E-state index is 12.2. The molecule has 1 aliphatic heterocycles. The first-order valence-electron chi connectivity index (χ1n) is 8.22. The predicted molar refractivity (Wildman–Crippen MR) is 102 cm³/mol. The number of ether oxygens (including phenoxy) is 1. The maximum Gasteiger partial charge on any atom is 0.262 e. The number of carbonyl (C=O) groups is 2. The zero-order valence-electron chi connectivity index (χ0n) is 14.6. The summed E-state index contributed by atoms with van der Waals surface area (Å²) >= 11 is 0. The fraction of sp³-hybridized carbons (Fsp3) is 0.222. The summed E-state index contributed by atoms with van der Waals surface area (Å²) < 4.78 is 30.7. The summed E-state index contributed by atoms with van der Waals surface area (Å²) in [7, 11) is -3.47. The van der Waals surface area contributed by atoms with E-state index in [1.165, 1.54) is 0 Å². The zero-order valence-corrected chi connectivity index (χ0v) is 15.4. The highest BCUT2D eigenvalue weighted by atomic mass is 32.2. The number of amides is 2. The van der Waals surface area contributed by atoms with Gasteiger partial charge in [0.1, 0.15) is 5.75 Å². The first-order valence-corrected chi connectivity index (χ1v) is 10.1. The van der Waals surface area contributed by atoms with Gasteiger partial charge in [-0.3, -0.25) is 14.3 Å². The smallest absolute Gasteiger partial charge is 0.262 e. The average molecular weight is 389 g/mol. The lowest BCUT2D eigenvalue weighted by Gasteiger charge is -2.17. The summed E-state index contributed by atoms with van der Waals surface area (Å²) in [4.78, 5) is 23.5. The number of benzene rings is 2. The van der Waals surface area contributed by atoms with Gasteiger partial charge in [0, 0.05) is 12.1 Å². The molecular formula is C18H19N3O5S. The fourth-order valence-electron chi connectivity index (χ4n) is 2.67. The van der Waals surface area contributed by atoms with E-state index in [0.29, 0.717) is 24.3 Å². The molecular weight excluding hydrogens is 370 g/mol. The summed E-state index contributed by atoms with van der Waals surface area (Å²) in [5.74, 6) is 0.0725. The van der Waals surface area contributed by atoms with Crippen molar-refractivity contribution in [2.45, 2.75) is 12.8 Å². The van der Waals surface area contributed by atoms with Crippen LogP contribution in [0.4, 0.5) is 17.1 Å². The second-order valence-electron chi connectivity index (χ2n) is 6.12. The van der Waals surface area contributed by atoms with Gasteiger partial charge in [-0.15, -0.1) is 0 Å². The highest BCUT2D eigenvalue weighted by Crippen LogP contribution is 2.27. The highest BCUT2D eigenvalue weighted by molar-refractivity contribution is 7.92. The fourth-order valence-corrected chi connectivity index (χ4v) is 3.24. The first-order chi connectivity index (χ1) is 12.8. The number of fused-ring (bicyclic) bond motifs is 1. The van der Waals surface area contributed by atoms with Gasteiger partial charge in [-0.25, -0.2) is 8.42 Å². The van der Waals surface area contributed by atoms with Crippen LogP contribution in [-0.4, -0.2) is 33.1 Å². The molecule has 1 heterocycles. The molecule has 0 radical (unpaired) electrons. The molecule has 8 nitrogen and oxygen atoms in total. The van der Waals surface area contributed by atoms with Crippen molar-refractivity contribution >= 4 is 38.9 Å². The molecule has 0 saturated heterocycles. The molecule has 0 fully saturated rings. The third-order valence-corrected chi connectivity index (χ3v) is 4.43. The van der Waals surface area contributed by atoms with Gasteiger partial charge < -0.3 is 15.4 Å². The van der Waals surface area contributed by atoms with Crippen LogP contribution in [0.25, 0.3) is 0 Å². The average Bonchev–Trinajstić information content (AvgIpc) is 2.60. The van der Waals surface area contributed by atoms with Crippen molar-refractivity contribution in [3.8, 4) is 5.75 Å². The molecule has 2 aromatic rings. The third kappa shape index (κ3) is 5.20. The summed E-state index contributed by atoms with van der Waals surface area (Å²) in [6.07, 6.45) is 2.07. The molecule has 0 spiro atoms. The number of anilines is 3. The van der Waals surface area contributed by atoms with Crippen LogP contribution in [0.2, 0.25) is 0 Å². The molecule has 2 amide bonds. The van der Waals surface area contributed by atoms with E-state index in [0.717, 1.165) is 17.5 Å². The Morgan fingerprint density at radius 3 is 2.63 bits per heavy atom. The van der Waals surface area contributed by atoms with Crippen LogP contribution in [0, 0.1) is 0 Å². The minimum atomic E-state index is -3.47. The van der Waals surface area contributed by atoms with E-state index in [-0.39, 0.29) is 18.2 Å². The number of hydrogen-bond acceptors (Lipinski definition) is 5. The number of nitrogens with one attached hydrogen (secondary N) is 3. The normalized spacial score (nSPS) is 13.3. The van der Waals surface area contributed by atoms with E-state index < -0.39 is 15.9 Å². The Hall–Kier alpha value is -3.07. The van der Waals surface area contributed by atoms with Crippen LogP contribution in [0.3, 0.4) is 0 Å². The summed E-state index contributed by atoms with van der Waals surface area (Å²) in [5.41, 5.74) is 2.32. The first kappa shape index (κ1) is 18.7. The molecule has 0 saturated carbocycles. The Morgan fingerprint density at radius 2 is 1.89 bits per heavy atom. The molecule has 0 unspecified atom stereocenters. The number of sulfonamides is 1. The van der Waals surface area contributed by atoms with Crippen molar-refractivity contribution < 1.29 is 22.7 Å². The van der Waals surface area contributed by atoms with Crippen molar-refractivity contribution in [1.29, 1.82) is 0 Å². The molecule has 1 aliphatic rings. The van der Waals surface area contributed by atoms with Gasteiger partial charge in [-0.2, -0.15) is 0 Å². The second-order valence-corrected chi connectivity index (χ2v) is 7.87. The number of hydrogen-bond donors (Lipinski definition) is 3. The highest BCUT2D eigenvalue weighted by Gasteiger charge is 2.15. The molecule has 3 rings (SSSR count). The Kier molecular flexibility index (Phi) is 5.31. The van der Waals surface area contributed by atoms with Crippen molar-refractivity contribution in [2.24, 2.45) is 0 Å². The molecule has 0 atom stereocenters. The Labute approximate surface area is 157 Å². The Balaban J connectivity index is 1.62. The molecule has 9 heteroatoms. The van der Waals surface area contributed by atoms with Gasteiger partial charge >= 0.3 is 0 Å². The van der Waals surface area contributed by atoms with Gasteiger partial charge in [0.15, 0.2) is 6.61 Å². The number of para-hydroxylation sites is 2. The second kappa shape index (κ2) is 7.67. The van der Waals surface area contributed by atoms with E-state index >= 15 is 0 Å². The van der Waals surface area contributed by atoms with Crippen molar-refractivity contribution in [1.82, 2.24) is 0 Å². The minimum absolute atomic E-state index is 0.0167. The molecule has 0 bridgehead atoms. The van der Waals surface area contributed by atoms with E-state index in [1.54, 1.807) is 42.5 Å². The standard InChI is InChI=1S/C18H19N3O5S/c1-27(24,25)21-16-5-3-2-4-15(16)20-18(23)11-26-13-7-8-14-12(10-13)6-9-17(22)19-14/h2-5,7-8,10,21H,6,9,11H2,1H3,(H,19,22)(H,20,23). The van der Waals surface area contributed by atoms with Crippen LogP contribution >= 0.6 is 0 Å². The van der Waals surface area contributed by atoms with Crippen molar-refractivity contribution in [3.05, 3.63) is 48.0 Å². The van der Waals surface area contributed by atoms with Gasteiger partial charge in [0.05, 0.1) is 17.6 Å². The van der Waals surface area contributed by atoms with Gasteiger partial charge in [0.2, 0.25) is 15.9 Å². The zero-order chi connectivity index (χ0) is 19.4. The number of aryl methyl sites for hydroxylation is 1. The lowest BCUT2D eigenvalue weighted by Crippen LogP contribution is -2.22. The lowest BCUT2D eigenvalue weighted by molar-refractivity contribution is -0.118. The lowest BCUT2D eigenvalue weighted by atomic mass is 10.0. The Morgan fingerprint density at radius 1 is 1.15 bits per heavy atom. The summed E-state index contributed by atoms with van der Waals surface area (Å²) in [6, 6.07) is 11.7. The molecule has 2 aromatic carbocycles. The monoisotopic (exact) mass is 389 g/mol. The molecule has 3 N–H and O–H groups in total. The van der Waals surface area contributed by atoms with Crippen molar-refractivity contribution in [3.63, 3.8) is 0 Å². The van der Waals surface area contributed by atoms with E-state index in [4.69, 9.17) is 4.74 Å². The molecule has 27 heavy (non-hydrogen) atoms. The largest absolute Gasteiger partial charge is 0.484 e. The van der Waals surface area contributed by atoms with E-state index in [9.17, 15) is 18.0 Å². The van der Waals surface area contributed by atoms with Crippen LogP contribution in [-0.2, 0) is 26.0 Å². The molecule has 0 aliphatic carbocycles. The predicted octanol–water partition coefficient (Wildman–Crippen LogP) is 1.96. The van der Waals surface area contributed by atoms with Gasteiger partial charge in [-0.05, 0) is 42.3 Å². The van der Waals surface area contributed by atoms with E-state index in [2.05, 4.69) is 15.4 Å².